The standard InChI is InChI=1S/C14H30N2/c1-5-13(4)10-16(12(2)3)11-14-6-8-15-9-7-14/h12-15H,5-11H2,1-4H3. The van der Waals surface area contributed by atoms with Crippen LogP contribution in [0.15, 0.2) is 0 Å². The van der Waals surface area contributed by atoms with Crippen molar-refractivity contribution in [3.05, 3.63) is 0 Å². The van der Waals surface area contributed by atoms with E-state index < -0.39 is 0 Å². The first-order valence-electron chi connectivity index (χ1n) is 7.08. The first-order chi connectivity index (χ1) is 7.63. The van der Waals surface area contributed by atoms with E-state index in [2.05, 4.69) is 37.9 Å². The average Bonchev–Trinajstić information content (AvgIpc) is 2.29. The van der Waals surface area contributed by atoms with E-state index in [1.807, 2.05) is 0 Å². The normalized spacial score (nSPS) is 20.6. The largest absolute Gasteiger partial charge is 0.317 e. The van der Waals surface area contributed by atoms with Crippen LogP contribution in [0.5, 0.6) is 0 Å². The van der Waals surface area contributed by atoms with Gasteiger partial charge in [0.05, 0.1) is 0 Å². The fourth-order valence-electron chi connectivity index (χ4n) is 2.42. The molecule has 1 heterocycles. The highest BCUT2D eigenvalue weighted by Crippen LogP contribution is 2.16. The van der Waals surface area contributed by atoms with Gasteiger partial charge in [0.15, 0.2) is 0 Å². The fourth-order valence-corrected chi connectivity index (χ4v) is 2.42. The molecule has 0 radical (unpaired) electrons. The molecule has 0 aromatic heterocycles. The fraction of sp³-hybridized carbons (Fsp3) is 1.00. The summed E-state index contributed by atoms with van der Waals surface area (Å²) in [6.45, 7) is 14.4. The number of hydrogen-bond acceptors (Lipinski definition) is 2. The van der Waals surface area contributed by atoms with Crippen molar-refractivity contribution >= 4 is 0 Å². The van der Waals surface area contributed by atoms with E-state index in [1.54, 1.807) is 0 Å². The molecule has 0 aromatic carbocycles. The molecular weight excluding hydrogens is 196 g/mol. The van der Waals surface area contributed by atoms with Crippen molar-refractivity contribution < 1.29 is 0 Å². The molecule has 0 aromatic rings. The van der Waals surface area contributed by atoms with Gasteiger partial charge < -0.3 is 10.2 Å². The highest BCUT2D eigenvalue weighted by Gasteiger charge is 2.19. The monoisotopic (exact) mass is 226 g/mol. The third kappa shape index (κ3) is 4.84. The van der Waals surface area contributed by atoms with Gasteiger partial charge in [-0.05, 0) is 51.6 Å². The van der Waals surface area contributed by atoms with E-state index in [0.717, 1.165) is 11.8 Å². The summed E-state index contributed by atoms with van der Waals surface area (Å²) in [7, 11) is 0. The highest BCUT2D eigenvalue weighted by molar-refractivity contribution is 4.75. The SMILES string of the molecule is CCC(C)CN(CC1CCNCC1)C(C)C. The predicted octanol–water partition coefficient (Wildman–Crippen LogP) is 2.74. The highest BCUT2D eigenvalue weighted by atomic mass is 15.1. The van der Waals surface area contributed by atoms with E-state index >= 15 is 0 Å². The van der Waals surface area contributed by atoms with Gasteiger partial charge in [0.1, 0.15) is 0 Å². The zero-order valence-corrected chi connectivity index (χ0v) is 11.6. The molecule has 1 saturated heterocycles. The number of nitrogens with zero attached hydrogens (tertiary/aromatic N) is 1. The Bertz CT molecular complexity index is 174. The zero-order valence-electron chi connectivity index (χ0n) is 11.6. The smallest absolute Gasteiger partial charge is 0.00388 e. The number of piperidine rings is 1. The van der Waals surface area contributed by atoms with Crippen LogP contribution >= 0.6 is 0 Å². The van der Waals surface area contributed by atoms with Gasteiger partial charge >= 0.3 is 0 Å². The van der Waals surface area contributed by atoms with Crippen LogP contribution in [0, 0.1) is 11.8 Å². The summed E-state index contributed by atoms with van der Waals surface area (Å²) in [6.07, 6.45) is 4.03. The molecule has 0 saturated carbocycles. The van der Waals surface area contributed by atoms with Gasteiger partial charge in [-0.2, -0.15) is 0 Å². The quantitative estimate of drug-likeness (QED) is 0.749. The Hall–Kier alpha value is -0.0800. The lowest BCUT2D eigenvalue weighted by Crippen LogP contribution is -2.41. The van der Waals surface area contributed by atoms with Crippen molar-refractivity contribution in [2.24, 2.45) is 11.8 Å². The summed E-state index contributed by atoms with van der Waals surface area (Å²) in [5, 5.41) is 3.45. The molecule has 1 unspecified atom stereocenters. The Morgan fingerprint density at radius 3 is 2.31 bits per heavy atom. The van der Waals surface area contributed by atoms with Gasteiger partial charge in [-0.15, -0.1) is 0 Å². The van der Waals surface area contributed by atoms with Gasteiger partial charge in [-0.1, -0.05) is 20.3 Å². The van der Waals surface area contributed by atoms with Gasteiger partial charge in [0.2, 0.25) is 0 Å². The van der Waals surface area contributed by atoms with Crippen molar-refractivity contribution in [2.45, 2.75) is 53.0 Å². The number of nitrogens with one attached hydrogen (secondary N) is 1. The summed E-state index contributed by atoms with van der Waals surface area (Å²) >= 11 is 0. The van der Waals surface area contributed by atoms with Gasteiger partial charge in [0, 0.05) is 19.1 Å². The number of hydrogen-bond donors (Lipinski definition) is 1. The van der Waals surface area contributed by atoms with E-state index in [1.165, 1.54) is 45.4 Å². The van der Waals surface area contributed by atoms with E-state index in [4.69, 9.17) is 0 Å². The molecule has 1 N–H and O–H groups in total. The second-order valence-electron chi connectivity index (χ2n) is 5.75. The maximum absolute atomic E-state index is 3.45. The summed E-state index contributed by atoms with van der Waals surface area (Å²) in [6, 6.07) is 0.698. The van der Waals surface area contributed by atoms with Crippen LogP contribution in [0.1, 0.15) is 47.0 Å². The molecule has 0 bridgehead atoms. The van der Waals surface area contributed by atoms with Crippen LogP contribution in [0.4, 0.5) is 0 Å². The third-order valence-electron chi connectivity index (χ3n) is 3.92. The predicted molar refractivity (Wildman–Crippen MR) is 71.8 cm³/mol. The van der Waals surface area contributed by atoms with Crippen LogP contribution in [0.3, 0.4) is 0 Å². The summed E-state index contributed by atoms with van der Waals surface area (Å²) in [5.41, 5.74) is 0. The second-order valence-corrected chi connectivity index (χ2v) is 5.75. The molecule has 1 aliphatic heterocycles. The zero-order chi connectivity index (χ0) is 12.0. The first-order valence-corrected chi connectivity index (χ1v) is 7.08. The van der Waals surface area contributed by atoms with Crippen molar-refractivity contribution in [2.75, 3.05) is 26.2 Å². The van der Waals surface area contributed by atoms with Crippen molar-refractivity contribution in [1.29, 1.82) is 0 Å². The molecule has 1 fully saturated rings. The molecule has 2 nitrogen and oxygen atoms in total. The Kier molecular flexibility index (Phi) is 6.37. The van der Waals surface area contributed by atoms with Crippen molar-refractivity contribution in [3.63, 3.8) is 0 Å². The molecule has 1 rings (SSSR count). The van der Waals surface area contributed by atoms with Crippen LogP contribution < -0.4 is 5.32 Å². The van der Waals surface area contributed by atoms with Crippen LogP contribution in [0.25, 0.3) is 0 Å². The van der Waals surface area contributed by atoms with E-state index in [0.29, 0.717) is 6.04 Å². The summed E-state index contributed by atoms with van der Waals surface area (Å²) in [4.78, 5) is 2.68. The minimum atomic E-state index is 0.698. The Balaban J connectivity index is 2.37. The van der Waals surface area contributed by atoms with Crippen LogP contribution in [-0.4, -0.2) is 37.1 Å². The lowest BCUT2D eigenvalue weighted by Gasteiger charge is -2.34. The van der Waals surface area contributed by atoms with Crippen molar-refractivity contribution in [1.82, 2.24) is 10.2 Å². The van der Waals surface area contributed by atoms with Crippen LogP contribution in [0.2, 0.25) is 0 Å². The summed E-state index contributed by atoms with van der Waals surface area (Å²) < 4.78 is 0. The third-order valence-corrected chi connectivity index (χ3v) is 3.92. The molecule has 16 heavy (non-hydrogen) atoms. The minimum absolute atomic E-state index is 0.698. The van der Waals surface area contributed by atoms with Crippen LogP contribution in [-0.2, 0) is 0 Å². The molecule has 1 atom stereocenters. The van der Waals surface area contributed by atoms with Gasteiger partial charge in [-0.25, -0.2) is 0 Å². The van der Waals surface area contributed by atoms with Crippen molar-refractivity contribution in [3.8, 4) is 0 Å². The average molecular weight is 226 g/mol. The first kappa shape index (κ1) is 14.0. The van der Waals surface area contributed by atoms with Gasteiger partial charge in [-0.3, -0.25) is 0 Å². The lowest BCUT2D eigenvalue weighted by molar-refractivity contribution is 0.148. The Labute approximate surface area is 102 Å². The molecular formula is C14H30N2. The second kappa shape index (κ2) is 7.29. The van der Waals surface area contributed by atoms with E-state index in [-0.39, 0.29) is 0 Å². The maximum atomic E-state index is 3.45. The maximum Gasteiger partial charge on any atom is 0.00388 e. The Morgan fingerprint density at radius 2 is 1.81 bits per heavy atom. The molecule has 0 aliphatic carbocycles. The molecule has 1 aliphatic rings. The molecule has 96 valence electrons. The summed E-state index contributed by atoms with van der Waals surface area (Å²) in [5.74, 6) is 1.76. The Morgan fingerprint density at radius 1 is 1.19 bits per heavy atom. The lowest BCUT2D eigenvalue weighted by atomic mass is 9.96. The van der Waals surface area contributed by atoms with Gasteiger partial charge in [0.25, 0.3) is 0 Å². The van der Waals surface area contributed by atoms with E-state index in [9.17, 15) is 0 Å². The minimum Gasteiger partial charge on any atom is -0.317 e. The number of rotatable bonds is 6. The topological polar surface area (TPSA) is 15.3 Å². The molecule has 2 heteroatoms. The molecule has 0 amide bonds. The molecule has 0 spiro atoms.